The molecule has 2 aromatic carbocycles. The summed E-state index contributed by atoms with van der Waals surface area (Å²) >= 11 is 0. The molecule has 0 fully saturated rings. The number of benzene rings is 2. The minimum atomic E-state index is -0.345. The molecule has 0 aliphatic heterocycles. The van der Waals surface area contributed by atoms with Gasteiger partial charge in [0.25, 0.3) is 0 Å². The Morgan fingerprint density at radius 2 is 1.88 bits per heavy atom. The molecule has 0 spiro atoms. The van der Waals surface area contributed by atoms with Crippen LogP contribution in [0.15, 0.2) is 48.5 Å². The average molecular weight is 358 g/mol. The number of hydrogen-bond acceptors (Lipinski definition) is 4. The SMILES string of the molecule is CCOc1ccccc1NC(=O)NCC(OCCO)c1ccc(C)cc1. The molecule has 0 saturated carbocycles. The molecule has 2 rings (SSSR count). The van der Waals surface area contributed by atoms with Gasteiger partial charge in [0.15, 0.2) is 0 Å². The van der Waals surface area contributed by atoms with Gasteiger partial charge in [-0.05, 0) is 31.5 Å². The van der Waals surface area contributed by atoms with E-state index >= 15 is 0 Å². The number of nitrogens with one attached hydrogen (secondary N) is 2. The number of aliphatic hydroxyl groups is 1. The van der Waals surface area contributed by atoms with Crippen molar-refractivity contribution in [2.45, 2.75) is 20.0 Å². The predicted molar refractivity (Wildman–Crippen MR) is 102 cm³/mol. The highest BCUT2D eigenvalue weighted by Crippen LogP contribution is 2.23. The van der Waals surface area contributed by atoms with Crippen LogP contribution in [0.4, 0.5) is 10.5 Å². The number of rotatable bonds is 9. The molecule has 140 valence electrons. The molecular weight excluding hydrogens is 332 g/mol. The second kappa shape index (κ2) is 10.4. The highest BCUT2D eigenvalue weighted by molar-refractivity contribution is 5.90. The van der Waals surface area contributed by atoms with Crippen molar-refractivity contribution in [3.8, 4) is 5.75 Å². The summed E-state index contributed by atoms with van der Waals surface area (Å²) in [6, 6.07) is 14.8. The molecule has 0 saturated heterocycles. The molecule has 0 aliphatic rings. The zero-order valence-corrected chi connectivity index (χ0v) is 15.2. The van der Waals surface area contributed by atoms with E-state index in [-0.39, 0.29) is 31.9 Å². The summed E-state index contributed by atoms with van der Waals surface area (Å²) in [5, 5.41) is 14.6. The Balaban J connectivity index is 1.97. The highest BCUT2D eigenvalue weighted by Gasteiger charge is 2.14. The number of urea groups is 1. The van der Waals surface area contributed by atoms with Crippen molar-refractivity contribution in [3.63, 3.8) is 0 Å². The van der Waals surface area contributed by atoms with Crippen molar-refractivity contribution in [2.75, 3.05) is 31.7 Å². The Morgan fingerprint density at radius 3 is 2.58 bits per heavy atom. The largest absolute Gasteiger partial charge is 0.492 e. The predicted octanol–water partition coefficient (Wildman–Crippen LogP) is 3.27. The molecule has 2 amide bonds. The number of ether oxygens (including phenoxy) is 2. The first-order valence-electron chi connectivity index (χ1n) is 8.69. The Hall–Kier alpha value is -2.57. The molecule has 1 unspecified atom stereocenters. The third-order valence-corrected chi connectivity index (χ3v) is 3.74. The number of carbonyl (C=O) groups is 1. The third kappa shape index (κ3) is 6.06. The van der Waals surface area contributed by atoms with Gasteiger partial charge in [0, 0.05) is 6.54 Å². The lowest BCUT2D eigenvalue weighted by atomic mass is 10.1. The zero-order chi connectivity index (χ0) is 18.8. The quantitative estimate of drug-likeness (QED) is 0.643. The number of aryl methyl sites for hydroxylation is 1. The van der Waals surface area contributed by atoms with Gasteiger partial charge in [-0.1, -0.05) is 42.0 Å². The van der Waals surface area contributed by atoms with Gasteiger partial charge in [-0.15, -0.1) is 0 Å². The van der Waals surface area contributed by atoms with E-state index < -0.39 is 0 Å². The smallest absolute Gasteiger partial charge is 0.319 e. The van der Waals surface area contributed by atoms with Gasteiger partial charge in [0.05, 0.1) is 31.6 Å². The summed E-state index contributed by atoms with van der Waals surface area (Å²) in [6.07, 6.45) is -0.337. The molecule has 26 heavy (non-hydrogen) atoms. The number of hydrogen-bond donors (Lipinski definition) is 3. The standard InChI is InChI=1S/C20H26N2O4/c1-3-25-18-7-5-4-6-17(18)22-20(24)21-14-19(26-13-12-23)16-10-8-15(2)9-11-16/h4-11,19,23H,3,12-14H2,1-2H3,(H2,21,22,24). The molecule has 6 heteroatoms. The van der Waals surface area contributed by atoms with Crippen LogP contribution in [-0.2, 0) is 4.74 Å². The third-order valence-electron chi connectivity index (χ3n) is 3.74. The Bertz CT molecular complexity index is 688. The van der Waals surface area contributed by atoms with Crippen molar-refractivity contribution in [1.82, 2.24) is 5.32 Å². The second-order valence-electron chi connectivity index (χ2n) is 5.76. The average Bonchev–Trinajstić information content (AvgIpc) is 2.64. The highest BCUT2D eigenvalue weighted by atomic mass is 16.5. The van der Waals surface area contributed by atoms with Crippen LogP contribution in [0.25, 0.3) is 0 Å². The molecule has 0 aromatic heterocycles. The number of amides is 2. The molecule has 0 aliphatic carbocycles. The van der Waals surface area contributed by atoms with E-state index in [1.165, 1.54) is 0 Å². The molecule has 1 atom stereocenters. The van der Waals surface area contributed by atoms with E-state index in [1.54, 1.807) is 12.1 Å². The Kier molecular flexibility index (Phi) is 7.92. The minimum absolute atomic E-state index is 0.0731. The van der Waals surface area contributed by atoms with Gasteiger partial charge in [-0.2, -0.15) is 0 Å². The normalized spacial score (nSPS) is 11.7. The van der Waals surface area contributed by atoms with Gasteiger partial charge >= 0.3 is 6.03 Å². The summed E-state index contributed by atoms with van der Waals surface area (Å²) in [5.74, 6) is 0.622. The Labute approximate surface area is 154 Å². The fourth-order valence-electron chi connectivity index (χ4n) is 2.45. The topological polar surface area (TPSA) is 79.8 Å². The maximum atomic E-state index is 12.2. The molecule has 3 N–H and O–H groups in total. The minimum Gasteiger partial charge on any atom is -0.492 e. The summed E-state index contributed by atoms with van der Waals surface area (Å²) in [4.78, 5) is 12.2. The van der Waals surface area contributed by atoms with Crippen molar-refractivity contribution >= 4 is 11.7 Å². The first kappa shape index (κ1) is 19.8. The van der Waals surface area contributed by atoms with Crippen LogP contribution in [0.3, 0.4) is 0 Å². The zero-order valence-electron chi connectivity index (χ0n) is 15.2. The van der Waals surface area contributed by atoms with Crippen molar-refractivity contribution in [2.24, 2.45) is 0 Å². The maximum absolute atomic E-state index is 12.2. The second-order valence-corrected chi connectivity index (χ2v) is 5.76. The van der Waals surface area contributed by atoms with E-state index in [0.29, 0.717) is 18.0 Å². The summed E-state index contributed by atoms with van der Waals surface area (Å²) in [6.45, 7) is 4.83. The fraction of sp³-hybridized carbons (Fsp3) is 0.350. The number of para-hydroxylation sites is 2. The van der Waals surface area contributed by atoms with Crippen LogP contribution in [0.2, 0.25) is 0 Å². The lowest BCUT2D eigenvalue weighted by Crippen LogP contribution is -2.33. The van der Waals surface area contributed by atoms with E-state index in [0.717, 1.165) is 11.1 Å². The van der Waals surface area contributed by atoms with Crippen LogP contribution < -0.4 is 15.4 Å². The molecule has 0 heterocycles. The van der Waals surface area contributed by atoms with Crippen molar-refractivity contribution < 1.29 is 19.4 Å². The van der Waals surface area contributed by atoms with Gasteiger partial charge in [-0.3, -0.25) is 0 Å². The van der Waals surface area contributed by atoms with Gasteiger partial charge in [-0.25, -0.2) is 4.79 Å². The first-order chi connectivity index (χ1) is 12.6. The lowest BCUT2D eigenvalue weighted by Gasteiger charge is -2.19. The van der Waals surface area contributed by atoms with Crippen LogP contribution in [0.5, 0.6) is 5.75 Å². The molecule has 0 bridgehead atoms. The molecule has 0 radical (unpaired) electrons. The summed E-state index contributed by atoms with van der Waals surface area (Å²) < 4.78 is 11.2. The van der Waals surface area contributed by atoms with Crippen molar-refractivity contribution in [1.29, 1.82) is 0 Å². The Morgan fingerprint density at radius 1 is 1.15 bits per heavy atom. The molecular formula is C20H26N2O4. The van der Waals surface area contributed by atoms with Gasteiger partial charge in [0.1, 0.15) is 5.75 Å². The van der Waals surface area contributed by atoms with Crippen molar-refractivity contribution in [3.05, 3.63) is 59.7 Å². The van der Waals surface area contributed by atoms with E-state index in [2.05, 4.69) is 10.6 Å². The lowest BCUT2D eigenvalue weighted by molar-refractivity contribution is 0.0297. The van der Waals surface area contributed by atoms with E-state index in [9.17, 15) is 4.79 Å². The molecule has 2 aromatic rings. The fourth-order valence-corrected chi connectivity index (χ4v) is 2.45. The van der Waals surface area contributed by atoms with Crippen LogP contribution in [0.1, 0.15) is 24.2 Å². The van der Waals surface area contributed by atoms with Gasteiger partial charge < -0.3 is 25.2 Å². The summed E-state index contributed by atoms with van der Waals surface area (Å²) in [5.41, 5.74) is 2.70. The number of carbonyl (C=O) groups excluding carboxylic acids is 1. The monoisotopic (exact) mass is 358 g/mol. The summed E-state index contributed by atoms with van der Waals surface area (Å²) in [7, 11) is 0. The van der Waals surface area contributed by atoms with E-state index in [4.69, 9.17) is 14.6 Å². The van der Waals surface area contributed by atoms with Crippen LogP contribution in [0, 0.1) is 6.92 Å². The van der Waals surface area contributed by atoms with Gasteiger partial charge in [0.2, 0.25) is 0 Å². The van der Waals surface area contributed by atoms with Crippen LogP contribution in [-0.4, -0.2) is 37.5 Å². The number of aliphatic hydroxyl groups excluding tert-OH is 1. The van der Waals surface area contributed by atoms with Crippen LogP contribution >= 0.6 is 0 Å². The molecule has 6 nitrogen and oxygen atoms in total. The first-order valence-corrected chi connectivity index (χ1v) is 8.69. The van der Waals surface area contributed by atoms with E-state index in [1.807, 2.05) is 50.2 Å². The number of anilines is 1. The maximum Gasteiger partial charge on any atom is 0.319 e.